The van der Waals surface area contributed by atoms with Gasteiger partial charge in [0.2, 0.25) is 0 Å². The van der Waals surface area contributed by atoms with Crippen molar-refractivity contribution < 1.29 is 4.79 Å². The number of aryl methyl sites for hydroxylation is 2. The first kappa shape index (κ1) is 11.7. The second-order valence-electron chi connectivity index (χ2n) is 2.54. The normalized spacial score (nSPS) is 8.92. The van der Waals surface area contributed by atoms with Gasteiger partial charge in [-0.15, -0.1) is 17.0 Å². The summed E-state index contributed by atoms with van der Waals surface area (Å²) in [5, 5.41) is -0.374. The van der Waals surface area contributed by atoms with Crippen molar-refractivity contribution in [3.8, 4) is 0 Å². The molecule has 0 fully saturated rings. The standard InChI is InChI=1S/C9H9ClO.BrH/c1-6-4-3-5-7(2)8(6)9(10)11;/h3-5H,1-2H3;1H. The summed E-state index contributed by atoms with van der Waals surface area (Å²) in [6, 6.07) is 5.67. The van der Waals surface area contributed by atoms with Gasteiger partial charge in [-0.1, -0.05) is 18.2 Å². The first-order valence-electron chi connectivity index (χ1n) is 3.39. The van der Waals surface area contributed by atoms with E-state index in [1.165, 1.54) is 0 Å². The summed E-state index contributed by atoms with van der Waals surface area (Å²) in [6.07, 6.45) is 0. The van der Waals surface area contributed by atoms with Crippen LogP contribution in [0, 0.1) is 13.8 Å². The van der Waals surface area contributed by atoms with Gasteiger partial charge in [-0.2, -0.15) is 0 Å². The summed E-state index contributed by atoms with van der Waals surface area (Å²) in [6.45, 7) is 3.76. The number of benzene rings is 1. The van der Waals surface area contributed by atoms with Crippen molar-refractivity contribution in [3.63, 3.8) is 0 Å². The van der Waals surface area contributed by atoms with Crippen LogP contribution in [0.15, 0.2) is 18.2 Å². The van der Waals surface area contributed by atoms with Crippen LogP contribution in [0.2, 0.25) is 0 Å². The van der Waals surface area contributed by atoms with Crippen molar-refractivity contribution in [3.05, 3.63) is 34.9 Å². The van der Waals surface area contributed by atoms with E-state index in [2.05, 4.69) is 0 Å². The summed E-state index contributed by atoms with van der Waals surface area (Å²) in [7, 11) is 0. The Labute approximate surface area is 87.5 Å². The molecular weight excluding hydrogens is 239 g/mol. The monoisotopic (exact) mass is 248 g/mol. The Morgan fingerprint density at radius 2 is 1.67 bits per heavy atom. The summed E-state index contributed by atoms with van der Waals surface area (Å²) in [5.41, 5.74) is 2.50. The average molecular weight is 250 g/mol. The lowest BCUT2D eigenvalue weighted by Gasteiger charge is -2.02. The molecule has 0 atom stereocenters. The molecule has 1 aromatic carbocycles. The third-order valence-corrected chi connectivity index (χ3v) is 1.87. The van der Waals surface area contributed by atoms with Crippen LogP contribution in [-0.2, 0) is 0 Å². The van der Waals surface area contributed by atoms with Crippen molar-refractivity contribution in [2.45, 2.75) is 13.8 Å². The summed E-state index contributed by atoms with van der Waals surface area (Å²) in [4.78, 5) is 10.9. The predicted octanol–water partition coefficient (Wildman–Crippen LogP) is 3.26. The van der Waals surface area contributed by atoms with Gasteiger partial charge in [-0.3, -0.25) is 4.79 Å². The van der Waals surface area contributed by atoms with Crippen LogP contribution < -0.4 is 0 Å². The third kappa shape index (κ3) is 2.32. The molecule has 0 aliphatic heterocycles. The maximum atomic E-state index is 10.9. The first-order chi connectivity index (χ1) is 5.13. The highest BCUT2D eigenvalue weighted by atomic mass is 79.9. The largest absolute Gasteiger partial charge is 0.276 e. The van der Waals surface area contributed by atoms with Gasteiger partial charge < -0.3 is 0 Å². The fraction of sp³-hybridized carbons (Fsp3) is 0.222. The van der Waals surface area contributed by atoms with Crippen molar-refractivity contribution in [2.75, 3.05) is 0 Å². The molecule has 0 heterocycles. The number of halogens is 2. The van der Waals surface area contributed by atoms with E-state index in [9.17, 15) is 4.79 Å². The molecule has 0 aromatic heterocycles. The zero-order valence-electron chi connectivity index (χ0n) is 6.93. The third-order valence-electron chi connectivity index (χ3n) is 1.68. The van der Waals surface area contributed by atoms with Crippen molar-refractivity contribution >= 4 is 33.8 Å². The van der Waals surface area contributed by atoms with E-state index < -0.39 is 0 Å². The van der Waals surface area contributed by atoms with Gasteiger partial charge in [0.05, 0.1) is 0 Å². The topological polar surface area (TPSA) is 17.1 Å². The van der Waals surface area contributed by atoms with Gasteiger partial charge in [-0.05, 0) is 36.6 Å². The Morgan fingerprint density at radius 3 is 1.92 bits per heavy atom. The number of carbonyl (C=O) groups excluding carboxylic acids is 1. The SMILES string of the molecule is Br.Cc1cccc(C)c1C(=O)Cl. The van der Waals surface area contributed by atoms with E-state index in [-0.39, 0.29) is 22.2 Å². The number of hydrogen-bond donors (Lipinski definition) is 0. The fourth-order valence-electron chi connectivity index (χ4n) is 1.12. The first-order valence-corrected chi connectivity index (χ1v) is 3.77. The number of carbonyl (C=O) groups is 1. The molecule has 0 aliphatic rings. The van der Waals surface area contributed by atoms with Gasteiger partial charge in [0, 0.05) is 5.56 Å². The lowest BCUT2D eigenvalue weighted by atomic mass is 10.0. The minimum Gasteiger partial charge on any atom is -0.276 e. The number of hydrogen-bond acceptors (Lipinski definition) is 1. The molecule has 0 bridgehead atoms. The van der Waals surface area contributed by atoms with E-state index in [4.69, 9.17) is 11.6 Å². The molecule has 0 radical (unpaired) electrons. The molecule has 0 saturated heterocycles. The molecule has 1 aromatic rings. The molecule has 0 amide bonds. The molecule has 0 saturated carbocycles. The summed E-state index contributed by atoms with van der Waals surface area (Å²) >= 11 is 5.37. The Morgan fingerprint density at radius 1 is 1.25 bits per heavy atom. The molecule has 1 nitrogen and oxygen atoms in total. The van der Waals surface area contributed by atoms with Crippen LogP contribution in [0.25, 0.3) is 0 Å². The summed E-state index contributed by atoms with van der Waals surface area (Å²) < 4.78 is 0. The van der Waals surface area contributed by atoms with Crippen LogP contribution >= 0.6 is 28.6 Å². The van der Waals surface area contributed by atoms with Crippen molar-refractivity contribution in [2.24, 2.45) is 0 Å². The quantitative estimate of drug-likeness (QED) is 0.698. The molecule has 12 heavy (non-hydrogen) atoms. The molecule has 0 spiro atoms. The highest BCUT2D eigenvalue weighted by Gasteiger charge is 2.07. The van der Waals surface area contributed by atoms with Gasteiger partial charge in [0.15, 0.2) is 0 Å². The highest BCUT2D eigenvalue weighted by molar-refractivity contribution is 8.93. The predicted molar refractivity (Wildman–Crippen MR) is 56.4 cm³/mol. The lowest BCUT2D eigenvalue weighted by Crippen LogP contribution is -1.96. The van der Waals surface area contributed by atoms with Crippen molar-refractivity contribution in [1.29, 1.82) is 0 Å². The van der Waals surface area contributed by atoms with Crippen LogP contribution in [-0.4, -0.2) is 5.24 Å². The minimum absolute atomic E-state index is 0. The molecule has 3 heteroatoms. The van der Waals surface area contributed by atoms with Gasteiger partial charge >= 0.3 is 0 Å². The van der Waals surface area contributed by atoms with E-state index >= 15 is 0 Å². The smallest absolute Gasteiger partial charge is 0.252 e. The van der Waals surface area contributed by atoms with E-state index in [0.717, 1.165) is 11.1 Å². The van der Waals surface area contributed by atoms with Crippen LogP contribution in [0.3, 0.4) is 0 Å². The Kier molecular flexibility index (Phi) is 4.50. The van der Waals surface area contributed by atoms with E-state index in [1.807, 2.05) is 32.0 Å². The Hall–Kier alpha value is -0.340. The number of rotatable bonds is 1. The zero-order chi connectivity index (χ0) is 8.43. The van der Waals surface area contributed by atoms with Crippen molar-refractivity contribution in [1.82, 2.24) is 0 Å². The maximum Gasteiger partial charge on any atom is 0.252 e. The lowest BCUT2D eigenvalue weighted by molar-refractivity contribution is 0.108. The maximum absolute atomic E-state index is 10.9. The summed E-state index contributed by atoms with van der Waals surface area (Å²) in [5.74, 6) is 0. The second kappa shape index (κ2) is 4.63. The zero-order valence-corrected chi connectivity index (χ0v) is 9.40. The Balaban J connectivity index is 0.00000121. The fourth-order valence-corrected chi connectivity index (χ4v) is 1.42. The molecule has 1 rings (SSSR count). The van der Waals surface area contributed by atoms with Crippen LogP contribution in [0.5, 0.6) is 0 Å². The molecule has 0 aliphatic carbocycles. The molecule has 0 unspecified atom stereocenters. The Bertz CT molecular complexity index is 276. The van der Waals surface area contributed by atoms with Gasteiger partial charge in [0.25, 0.3) is 5.24 Å². The van der Waals surface area contributed by atoms with Gasteiger partial charge in [0.1, 0.15) is 0 Å². The van der Waals surface area contributed by atoms with Crippen LogP contribution in [0.4, 0.5) is 0 Å². The van der Waals surface area contributed by atoms with Gasteiger partial charge in [-0.25, -0.2) is 0 Å². The van der Waals surface area contributed by atoms with E-state index in [1.54, 1.807) is 0 Å². The molecular formula is C9H10BrClO. The molecule has 0 N–H and O–H groups in total. The molecule has 66 valence electrons. The average Bonchev–Trinajstić information content (AvgIpc) is 1.85. The van der Waals surface area contributed by atoms with E-state index in [0.29, 0.717) is 5.56 Å². The highest BCUT2D eigenvalue weighted by Crippen LogP contribution is 2.14. The minimum atomic E-state index is -0.374. The second-order valence-corrected chi connectivity index (χ2v) is 2.88. The van der Waals surface area contributed by atoms with Crippen LogP contribution in [0.1, 0.15) is 21.5 Å².